The summed E-state index contributed by atoms with van der Waals surface area (Å²) >= 11 is 0. The lowest BCUT2D eigenvalue weighted by Crippen LogP contribution is -2.36. The van der Waals surface area contributed by atoms with Crippen LogP contribution >= 0.6 is 12.4 Å². The second-order valence-corrected chi connectivity index (χ2v) is 4.59. The van der Waals surface area contributed by atoms with Crippen molar-refractivity contribution in [3.63, 3.8) is 0 Å². The van der Waals surface area contributed by atoms with Gasteiger partial charge < -0.3 is 15.0 Å². The molecule has 3 rings (SSSR count). The molecule has 0 bridgehead atoms. The number of nitrogens with zero attached hydrogens (tertiary/aromatic N) is 1. The highest BCUT2D eigenvalue weighted by atomic mass is 35.5. The lowest BCUT2D eigenvalue weighted by molar-refractivity contribution is 0.324. The Hall–Kier alpha value is -1.87. The molecule has 0 unspecified atom stereocenters. The Bertz CT molecular complexity index is 533. The van der Waals surface area contributed by atoms with E-state index >= 15 is 0 Å². The summed E-state index contributed by atoms with van der Waals surface area (Å²) in [5.74, 6) is 0.936. The molecule has 0 spiro atoms. The first-order valence-corrected chi connectivity index (χ1v) is 6.69. The zero-order valence-corrected chi connectivity index (χ0v) is 12.1. The van der Waals surface area contributed by atoms with Gasteiger partial charge in [0.05, 0.1) is 17.9 Å². The van der Waals surface area contributed by atoms with Crippen LogP contribution in [0.5, 0.6) is 5.75 Å². The third kappa shape index (κ3) is 3.36. The van der Waals surface area contributed by atoms with Gasteiger partial charge in [-0.3, -0.25) is 0 Å². The monoisotopic (exact) mass is 290 g/mol. The van der Waals surface area contributed by atoms with Crippen LogP contribution in [0.2, 0.25) is 0 Å². The molecule has 2 aromatic carbocycles. The quantitative estimate of drug-likeness (QED) is 0.934. The largest absolute Gasteiger partial charge is 0.492 e. The fraction of sp³-hybridized carbons (Fsp3) is 0.250. The van der Waals surface area contributed by atoms with Gasteiger partial charge in [0.25, 0.3) is 0 Å². The maximum atomic E-state index is 5.76. The number of hydrogen-bond donors (Lipinski definition) is 1. The van der Waals surface area contributed by atoms with E-state index in [0.29, 0.717) is 6.61 Å². The van der Waals surface area contributed by atoms with Crippen LogP contribution in [0.1, 0.15) is 0 Å². The zero-order valence-electron chi connectivity index (χ0n) is 11.3. The Morgan fingerprint density at radius 1 is 1.00 bits per heavy atom. The second-order valence-electron chi connectivity index (χ2n) is 4.59. The van der Waals surface area contributed by atoms with Crippen molar-refractivity contribution < 1.29 is 4.74 Å². The third-order valence-electron chi connectivity index (χ3n) is 3.32. The molecule has 1 heterocycles. The molecule has 20 heavy (non-hydrogen) atoms. The van der Waals surface area contributed by atoms with E-state index in [1.165, 1.54) is 11.4 Å². The van der Waals surface area contributed by atoms with Crippen LogP contribution in [0.4, 0.5) is 11.4 Å². The van der Waals surface area contributed by atoms with Gasteiger partial charge in [0.2, 0.25) is 0 Å². The normalized spacial score (nSPS) is 12.9. The summed E-state index contributed by atoms with van der Waals surface area (Å²) in [4.78, 5) is 2.37. The van der Waals surface area contributed by atoms with E-state index in [1.807, 2.05) is 30.3 Å². The smallest absolute Gasteiger partial charge is 0.119 e. The van der Waals surface area contributed by atoms with Gasteiger partial charge in [0.15, 0.2) is 0 Å². The molecule has 0 amide bonds. The number of para-hydroxylation sites is 3. The van der Waals surface area contributed by atoms with Crippen LogP contribution in [-0.4, -0.2) is 26.2 Å². The predicted molar refractivity (Wildman–Crippen MR) is 86.3 cm³/mol. The molecule has 0 radical (unpaired) electrons. The van der Waals surface area contributed by atoms with E-state index in [9.17, 15) is 0 Å². The molecular weight excluding hydrogens is 272 g/mol. The summed E-state index contributed by atoms with van der Waals surface area (Å²) in [6.45, 7) is 3.63. The number of hydrogen-bond acceptors (Lipinski definition) is 3. The topological polar surface area (TPSA) is 24.5 Å². The molecule has 0 aliphatic carbocycles. The van der Waals surface area contributed by atoms with Gasteiger partial charge in [-0.15, -0.1) is 12.4 Å². The molecule has 0 aromatic heterocycles. The Morgan fingerprint density at radius 3 is 2.60 bits per heavy atom. The molecule has 0 saturated carbocycles. The molecule has 2 aromatic rings. The second kappa shape index (κ2) is 7.06. The summed E-state index contributed by atoms with van der Waals surface area (Å²) < 4.78 is 5.76. The molecule has 4 heteroatoms. The zero-order chi connectivity index (χ0) is 12.9. The van der Waals surface area contributed by atoms with Crippen LogP contribution in [0.25, 0.3) is 0 Å². The standard InChI is InChI=1S/C16H18N2O.ClH/c1-2-6-14(7-3-1)19-13-12-18-11-10-17-15-8-4-5-9-16(15)18;/h1-9,17H,10-13H2;1H. The molecule has 3 nitrogen and oxygen atoms in total. The fourth-order valence-electron chi connectivity index (χ4n) is 2.37. The summed E-state index contributed by atoms with van der Waals surface area (Å²) in [5.41, 5.74) is 2.49. The predicted octanol–water partition coefficient (Wildman–Crippen LogP) is 3.42. The van der Waals surface area contributed by atoms with Crippen molar-refractivity contribution in [1.82, 2.24) is 0 Å². The summed E-state index contributed by atoms with van der Waals surface area (Å²) in [7, 11) is 0. The Morgan fingerprint density at radius 2 is 1.75 bits per heavy atom. The number of anilines is 2. The van der Waals surface area contributed by atoms with E-state index in [1.54, 1.807) is 0 Å². The van der Waals surface area contributed by atoms with Gasteiger partial charge in [-0.05, 0) is 24.3 Å². The number of fused-ring (bicyclic) bond motifs is 1. The molecule has 0 fully saturated rings. The molecule has 106 valence electrons. The molecule has 1 N–H and O–H groups in total. The highest BCUT2D eigenvalue weighted by Crippen LogP contribution is 2.27. The van der Waals surface area contributed by atoms with Gasteiger partial charge >= 0.3 is 0 Å². The Kier molecular flexibility index (Phi) is 5.13. The summed E-state index contributed by atoms with van der Waals surface area (Å²) in [6.07, 6.45) is 0. The van der Waals surface area contributed by atoms with Crippen molar-refractivity contribution in [2.75, 3.05) is 36.5 Å². The van der Waals surface area contributed by atoms with Crippen LogP contribution in [0, 0.1) is 0 Å². The molecular formula is C16H19ClN2O. The lowest BCUT2D eigenvalue weighted by atomic mass is 10.2. The third-order valence-corrected chi connectivity index (χ3v) is 3.32. The lowest BCUT2D eigenvalue weighted by Gasteiger charge is -2.31. The van der Waals surface area contributed by atoms with Gasteiger partial charge in [-0.2, -0.15) is 0 Å². The van der Waals surface area contributed by atoms with Crippen LogP contribution in [-0.2, 0) is 0 Å². The van der Waals surface area contributed by atoms with E-state index < -0.39 is 0 Å². The number of benzene rings is 2. The maximum absolute atomic E-state index is 5.76. The maximum Gasteiger partial charge on any atom is 0.119 e. The number of rotatable bonds is 4. The van der Waals surface area contributed by atoms with E-state index in [0.717, 1.165) is 25.4 Å². The van der Waals surface area contributed by atoms with Gasteiger partial charge in [-0.1, -0.05) is 30.3 Å². The van der Waals surface area contributed by atoms with Crippen molar-refractivity contribution in [3.05, 3.63) is 54.6 Å². The van der Waals surface area contributed by atoms with Crippen LogP contribution in [0.15, 0.2) is 54.6 Å². The first kappa shape index (κ1) is 14.5. The average Bonchev–Trinajstić information content (AvgIpc) is 2.49. The Labute approximate surface area is 126 Å². The molecule has 1 aliphatic rings. The Balaban J connectivity index is 0.00000147. The first-order chi connectivity index (χ1) is 9.43. The van der Waals surface area contributed by atoms with E-state index in [-0.39, 0.29) is 12.4 Å². The van der Waals surface area contributed by atoms with Crippen molar-refractivity contribution in [2.45, 2.75) is 0 Å². The molecule has 1 aliphatic heterocycles. The van der Waals surface area contributed by atoms with Crippen molar-refractivity contribution in [1.29, 1.82) is 0 Å². The summed E-state index contributed by atoms with van der Waals surface area (Å²) in [5, 5.41) is 3.42. The highest BCUT2D eigenvalue weighted by molar-refractivity contribution is 5.85. The van der Waals surface area contributed by atoms with E-state index in [4.69, 9.17) is 4.74 Å². The number of nitrogens with one attached hydrogen (secondary N) is 1. The van der Waals surface area contributed by atoms with Crippen molar-refractivity contribution in [3.8, 4) is 5.75 Å². The van der Waals surface area contributed by atoms with Gasteiger partial charge in [-0.25, -0.2) is 0 Å². The highest BCUT2D eigenvalue weighted by Gasteiger charge is 2.15. The minimum Gasteiger partial charge on any atom is -0.492 e. The average molecular weight is 291 g/mol. The van der Waals surface area contributed by atoms with Gasteiger partial charge in [0, 0.05) is 13.1 Å². The SMILES string of the molecule is Cl.c1ccc(OCCN2CCNc3ccccc32)cc1. The summed E-state index contributed by atoms with van der Waals surface area (Å²) in [6, 6.07) is 18.4. The fourth-order valence-corrected chi connectivity index (χ4v) is 2.37. The molecule has 0 saturated heterocycles. The minimum atomic E-state index is 0. The van der Waals surface area contributed by atoms with Crippen molar-refractivity contribution in [2.24, 2.45) is 0 Å². The number of halogens is 1. The minimum absolute atomic E-state index is 0. The van der Waals surface area contributed by atoms with Crippen LogP contribution in [0.3, 0.4) is 0 Å². The van der Waals surface area contributed by atoms with Crippen molar-refractivity contribution >= 4 is 23.8 Å². The first-order valence-electron chi connectivity index (χ1n) is 6.69. The van der Waals surface area contributed by atoms with Crippen LogP contribution < -0.4 is 15.0 Å². The number of ether oxygens (including phenoxy) is 1. The van der Waals surface area contributed by atoms with Gasteiger partial charge in [0.1, 0.15) is 12.4 Å². The molecule has 0 atom stereocenters. The van der Waals surface area contributed by atoms with E-state index in [2.05, 4.69) is 34.5 Å².